The molecule has 0 spiro atoms. The van der Waals surface area contributed by atoms with Gasteiger partial charge in [0.2, 0.25) is 12.1 Å². The number of hydrogen-bond donors (Lipinski definition) is 8. The van der Waals surface area contributed by atoms with Crippen LogP contribution >= 0.6 is 0 Å². The second kappa shape index (κ2) is 17.0. The minimum Gasteiger partial charge on any atom is -0.550 e. The summed E-state index contributed by atoms with van der Waals surface area (Å²) in [6.07, 6.45) is 0.880. The van der Waals surface area contributed by atoms with E-state index in [9.17, 15) is 45.3 Å². The van der Waals surface area contributed by atoms with E-state index in [1.807, 2.05) is 0 Å². The van der Waals surface area contributed by atoms with Gasteiger partial charge in [0.15, 0.2) is 19.1 Å². The Morgan fingerprint density at radius 1 is 1.17 bits per heavy atom. The number of quaternary nitrogens is 2. The molecule has 3 aliphatic heterocycles. The lowest BCUT2D eigenvalue weighted by molar-refractivity contribution is -0.911. The van der Waals surface area contributed by atoms with E-state index in [0.717, 1.165) is 30.4 Å². The molecule has 1 saturated carbocycles. The fourth-order valence-electron chi connectivity index (χ4n) is 6.96. The quantitative estimate of drug-likeness (QED) is 0.0484. The van der Waals surface area contributed by atoms with E-state index < -0.39 is 78.6 Å². The van der Waals surface area contributed by atoms with Gasteiger partial charge < -0.3 is 74.4 Å². The second-order valence-corrected chi connectivity index (χ2v) is 13.0. The molecule has 9 N–H and O–H groups in total. The molecule has 10 unspecified atom stereocenters. The zero-order chi connectivity index (χ0) is 35.1. The molecule has 0 aromatic heterocycles. The molecule has 0 aromatic carbocycles. The van der Waals surface area contributed by atoms with E-state index in [1.165, 1.54) is 12.2 Å². The highest BCUT2D eigenvalue weighted by Crippen LogP contribution is 2.41. The van der Waals surface area contributed by atoms with Crippen LogP contribution in [-0.2, 0) is 33.3 Å². The Balaban J connectivity index is 1.67. The van der Waals surface area contributed by atoms with Crippen molar-refractivity contribution in [3.8, 4) is 0 Å². The number of carbonyl (C=O) groups excluding carboxylic acids is 2. The molecule has 272 valence electrons. The average molecular weight is 688 g/mol. The van der Waals surface area contributed by atoms with Gasteiger partial charge in [-0.2, -0.15) is 0 Å². The van der Waals surface area contributed by atoms with Gasteiger partial charge in [0.25, 0.3) is 0 Å². The molecule has 4 aliphatic rings. The first-order chi connectivity index (χ1) is 22.9. The Hall–Kier alpha value is -2.48. The van der Waals surface area contributed by atoms with Gasteiger partial charge in [0, 0.05) is 11.8 Å². The molecule has 4 rings (SSSR count). The fourth-order valence-corrected chi connectivity index (χ4v) is 6.96. The minimum absolute atomic E-state index is 0.100. The maximum absolute atomic E-state index is 13.6. The summed E-state index contributed by atoms with van der Waals surface area (Å²) in [7, 11) is 1.65. The number of aliphatic carboxylic acids is 1. The van der Waals surface area contributed by atoms with E-state index in [0.29, 0.717) is 25.9 Å². The van der Waals surface area contributed by atoms with Crippen LogP contribution in [0.5, 0.6) is 0 Å². The molecule has 3 heterocycles. The van der Waals surface area contributed by atoms with Gasteiger partial charge in [-0.25, -0.2) is 4.79 Å². The summed E-state index contributed by atoms with van der Waals surface area (Å²) in [6.45, 7) is 3.82. The van der Waals surface area contributed by atoms with E-state index in [4.69, 9.17) is 23.7 Å². The summed E-state index contributed by atoms with van der Waals surface area (Å²) >= 11 is 0. The average Bonchev–Trinajstić information content (AvgIpc) is 3.06. The Labute approximate surface area is 279 Å². The summed E-state index contributed by atoms with van der Waals surface area (Å²) in [4.78, 5) is 26.3. The largest absolute Gasteiger partial charge is 0.550 e. The van der Waals surface area contributed by atoms with E-state index in [-0.39, 0.29) is 38.0 Å². The topological polar surface area (TPSA) is 246 Å². The van der Waals surface area contributed by atoms with Crippen LogP contribution in [0.1, 0.15) is 38.5 Å². The predicted octanol–water partition coefficient (Wildman–Crippen LogP) is -5.23. The Bertz CT molecular complexity index is 1160. The maximum Gasteiger partial charge on any atom is 0.340 e. The molecule has 10 atom stereocenters. The third kappa shape index (κ3) is 8.62. The van der Waals surface area contributed by atoms with Crippen molar-refractivity contribution < 1.29 is 79.2 Å². The minimum atomic E-state index is -2.93. The van der Waals surface area contributed by atoms with Crippen molar-refractivity contribution in [2.24, 2.45) is 17.8 Å². The highest BCUT2D eigenvalue weighted by Gasteiger charge is 2.58. The number of rotatable bonds is 14. The number of likely N-dealkylation sites (tertiary alicyclic amines) is 1. The number of esters is 1. The van der Waals surface area contributed by atoms with Crippen molar-refractivity contribution in [2.45, 2.75) is 86.9 Å². The normalized spacial score (nSPS) is 37.4. The number of carboxylic acids is 1. The van der Waals surface area contributed by atoms with E-state index >= 15 is 0 Å². The molecule has 16 heteroatoms. The summed E-state index contributed by atoms with van der Waals surface area (Å²) < 4.78 is 28.8. The molecule has 2 saturated heterocycles. The number of carboxylic acid groups (broad SMARTS) is 1. The number of hydrogen-bond acceptors (Lipinski definition) is 14. The summed E-state index contributed by atoms with van der Waals surface area (Å²) in [6, 6.07) is 0. The van der Waals surface area contributed by atoms with Crippen LogP contribution in [0, 0.1) is 17.8 Å². The smallest absolute Gasteiger partial charge is 0.340 e. The van der Waals surface area contributed by atoms with Crippen LogP contribution in [0.4, 0.5) is 0 Å². The third-order valence-electron chi connectivity index (χ3n) is 9.60. The zero-order valence-corrected chi connectivity index (χ0v) is 27.2. The number of nitrogens with one attached hydrogen (secondary N) is 1. The van der Waals surface area contributed by atoms with Gasteiger partial charge in [0.05, 0.1) is 45.2 Å². The van der Waals surface area contributed by atoms with Crippen molar-refractivity contribution in [1.29, 1.82) is 0 Å². The van der Waals surface area contributed by atoms with Gasteiger partial charge in [-0.1, -0.05) is 24.6 Å². The third-order valence-corrected chi connectivity index (χ3v) is 9.60. The van der Waals surface area contributed by atoms with E-state index in [1.54, 1.807) is 18.4 Å². The number of aliphatic hydroxyl groups is 6. The molecule has 0 aromatic rings. The number of ether oxygens (including phenoxy) is 5. The SMILES string of the molecule is C=CC1C(OC2OC(CO)C(O)C(O)(O)C2OC[NH2+]C)OC=C(C(=O)OC2CCCCC2)C1(O)C=CC1CC(C(=O)[O-])C[NH+](CCO)C1. The molecule has 48 heavy (non-hydrogen) atoms. The lowest BCUT2D eigenvalue weighted by atomic mass is 9.77. The van der Waals surface area contributed by atoms with Gasteiger partial charge >= 0.3 is 5.97 Å². The predicted molar refractivity (Wildman–Crippen MR) is 161 cm³/mol. The molecular formula is C32H51N2O14+. The van der Waals surface area contributed by atoms with Gasteiger partial charge in [-0.05, 0) is 32.1 Å². The number of nitrogens with two attached hydrogens (primary N) is 1. The summed E-state index contributed by atoms with van der Waals surface area (Å²) in [5.41, 5.74) is -2.45. The van der Waals surface area contributed by atoms with Crippen LogP contribution < -0.4 is 15.3 Å². The summed E-state index contributed by atoms with van der Waals surface area (Å²) in [5.74, 6) is -7.44. The number of aliphatic hydroxyl groups excluding tert-OH is 3. The van der Waals surface area contributed by atoms with Gasteiger partial charge in [0.1, 0.15) is 42.3 Å². The van der Waals surface area contributed by atoms with Crippen molar-refractivity contribution in [1.82, 2.24) is 0 Å². The van der Waals surface area contributed by atoms with Crippen LogP contribution in [0.15, 0.2) is 36.6 Å². The molecular weight excluding hydrogens is 636 g/mol. The zero-order valence-electron chi connectivity index (χ0n) is 27.2. The molecule has 0 bridgehead atoms. The lowest BCUT2D eigenvalue weighted by Gasteiger charge is -2.48. The first-order valence-corrected chi connectivity index (χ1v) is 16.6. The van der Waals surface area contributed by atoms with E-state index in [2.05, 4.69) is 6.58 Å². The van der Waals surface area contributed by atoms with Crippen LogP contribution in [0.3, 0.4) is 0 Å². The molecule has 0 radical (unpaired) electrons. The van der Waals surface area contributed by atoms with Crippen molar-refractivity contribution in [3.63, 3.8) is 0 Å². The Morgan fingerprint density at radius 3 is 2.52 bits per heavy atom. The van der Waals surface area contributed by atoms with Gasteiger partial charge in [-0.15, -0.1) is 6.58 Å². The van der Waals surface area contributed by atoms with Crippen molar-refractivity contribution in [2.75, 3.05) is 46.6 Å². The molecule has 16 nitrogen and oxygen atoms in total. The standard InChI is InChI=1S/C32H50N2O14/c1-3-22-29(48-30-26(45-18-33-2)32(42,43)25(37)24(16-36)47-30)44-17-23(28(40)46-21-7-5-4-6-8-21)31(22,41)10-9-19-13-20(27(38)39)15-34(14-19)11-12-35/h3,9-10,17,19-22,24-26,29-30,33,35-37,41-43H,1,4-8,11-16,18H2,2H3,(H,38,39)/p+1. The molecule has 0 amide bonds. The van der Waals surface area contributed by atoms with Crippen LogP contribution in [-0.4, -0.2) is 138 Å². The second-order valence-electron chi connectivity index (χ2n) is 13.0. The first kappa shape index (κ1) is 38.3. The monoisotopic (exact) mass is 687 g/mol. The van der Waals surface area contributed by atoms with Gasteiger partial charge in [-0.3, -0.25) is 0 Å². The first-order valence-electron chi connectivity index (χ1n) is 16.6. The highest BCUT2D eigenvalue weighted by atomic mass is 16.8. The summed E-state index contributed by atoms with van der Waals surface area (Å²) in [5, 5.41) is 77.1. The number of carbonyl (C=O) groups is 2. The van der Waals surface area contributed by atoms with Crippen LogP contribution in [0.25, 0.3) is 0 Å². The number of piperidine rings is 1. The Kier molecular flexibility index (Phi) is 13.5. The molecule has 3 fully saturated rings. The Morgan fingerprint density at radius 2 is 1.90 bits per heavy atom. The fraction of sp³-hybridized carbons (Fsp3) is 0.750. The van der Waals surface area contributed by atoms with Crippen LogP contribution in [0.2, 0.25) is 0 Å². The molecule has 1 aliphatic carbocycles. The highest BCUT2D eigenvalue weighted by molar-refractivity contribution is 5.91. The van der Waals surface area contributed by atoms with Crippen molar-refractivity contribution in [3.05, 3.63) is 36.6 Å². The van der Waals surface area contributed by atoms with Crippen molar-refractivity contribution >= 4 is 11.9 Å². The lowest BCUT2D eigenvalue weighted by Crippen LogP contribution is -3.15. The maximum atomic E-state index is 13.6.